The highest BCUT2D eigenvalue weighted by atomic mass is 79.9. The first-order valence-electron chi connectivity index (χ1n) is 5.78. The summed E-state index contributed by atoms with van der Waals surface area (Å²) in [5, 5.41) is 9.50. The van der Waals surface area contributed by atoms with Crippen molar-refractivity contribution in [2.75, 3.05) is 0 Å². The van der Waals surface area contributed by atoms with Crippen LogP contribution in [0.5, 0.6) is 0 Å². The average Bonchev–Trinajstić information content (AvgIpc) is 2.36. The van der Waals surface area contributed by atoms with Crippen molar-refractivity contribution < 1.29 is 44.6 Å². The first kappa shape index (κ1) is 20.1. The van der Waals surface area contributed by atoms with E-state index < -0.39 is 36.5 Å². The molecule has 0 spiro atoms. The van der Waals surface area contributed by atoms with Gasteiger partial charge in [0.05, 0.1) is 6.10 Å². The molecule has 1 nitrogen and oxygen atoms in total. The van der Waals surface area contributed by atoms with Gasteiger partial charge in [0.2, 0.25) is 0 Å². The van der Waals surface area contributed by atoms with Crippen LogP contribution in [0.3, 0.4) is 0 Å². The van der Waals surface area contributed by atoms with Gasteiger partial charge < -0.3 is 5.11 Å². The van der Waals surface area contributed by atoms with Crippen LogP contribution in [0.25, 0.3) is 0 Å². The maximum absolute atomic E-state index is 13.4. The van der Waals surface area contributed by atoms with Gasteiger partial charge in [-0.25, -0.2) is 0 Å². The van der Waals surface area contributed by atoms with E-state index in [4.69, 9.17) is 0 Å². The van der Waals surface area contributed by atoms with E-state index in [9.17, 15) is 44.6 Å². The van der Waals surface area contributed by atoms with E-state index in [2.05, 4.69) is 15.9 Å². The van der Waals surface area contributed by atoms with Gasteiger partial charge in [-0.2, -0.15) is 39.5 Å². The number of halogens is 10. The molecule has 0 aliphatic carbocycles. The van der Waals surface area contributed by atoms with Crippen molar-refractivity contribution in [2.24, 2.45) is 0 Å². The molecular formula is C12H8BrF9O. The number of hydrogen-bond donors (Lipinski definition) is 1. The van der Waals surface area contributed by atoms with Crippen LogP contribution in [0.1, 0.15) is 18.1 Å². The van der Waals surface area contributed by atoms with Crippen molar-refractivity contribution in [2.45, 2.75) is 36.5 Å². The molecule has 11 heteroatoms. The van der Waals surface area contributed by atoms with E-state index in [1.807, 2.05) is 0 Å². The molecule has 1 N–H and O–H groups in total. The third-order valence-electron chi connectivity index (χ3n) is 2.92. The Balaban J connectivity index is 3.13. The molecule has 1 unspecified atom stereocenters. The van der Waals surface area contributed by atoms with E-state index in [0.717, 1.165) is 6.07 Å². The van der Waals surface area contributed by atoms with Crippen molar-refractivity contribution in [1.29, 1.82) is 0 Å². The van der Waals surface area contributed by atoms with Gasteiger partial charge in [0, 0.05) is 10.9 Å². The van der Waals surface area contributed by atoms with Crippen LogP contribution < -0.4 is 0 Å². The molecule has 0 saturated heterocycles. The number of benzene rings is 1. The normalized spacial score (nSPS) is 15.6. The van der Waals surface area contributed by atoms with Gasteiger partial charge >= 0.3 is 23.9 Å². The van der Waals surface area contributed by atoms with Gasteiger partial charge in [0.1, 0.15) is 0 Å². The highest BCUT2D eigenvalue weighted by molar-refractivity contribution is 9.10. The van der Waals surface area contributed by atoms with Crippen molar-refractivity contribution in [3.8, 4) is 0 Å². The Morgan fingerprint density at radius 1 is 0.870 bits per heavy atom. The van der Waals surface area contributed by atoms with E-state index in [0.29, 0.717) is 0 Å². The van der Waals surface area contributed by atoms with Crippen LogP contribution >= 0.6 is 15.9 Å². The lowest BCUT2D eigenvalue weighted by molar-refractivity contribution is -0.398. The number of aliphatic hydroxyl groups excluding tert-OH is 1. The van der Waals surface area contributed by atoms with Gasteiger partial charge in [-0.3, -0.25) is 0 Å². The average molecular weight is 419 g/mol. The molecule has 0 aliphatic rings. The molecule has 0 fully saturated rings. The molecule has 0 aliphatic heterocycles. The third-order valence-corrected chi connectivity index (χ3v) is 3.65. The summed E-state index contributed by atoms with van der Waals surface area (Å²) in [7, 11) is 0. The Bertz CT molecular complexity index is 556. The Labute approximate surface area is 132 Å². The molecule has 0 aromatic heterocycles. The maximum atomic E-state index is 13.4. The van der Waals surface area contributed by atoms with Gasteiger partial charge in [0.25, 0.3) is 0 Å². The Morgan fingerprint density at radius 2 is 1.35 bits per heavy atom. The van der Waals surface area contributed by atoms with Crippen molar-refractivity contribution in [1.82, 2.24) is 0 Å². The Morgan fingerprint density at radius 3 is 1.78 bits per heavy atom. The highest BCUT2D eigenvalue weighted by Gasteiger charge is 2.81. The lowest BCUT2D eigenvalue weighted by Gasteiger charge is -2.34. The van der Waals surface area contributed by atoms with E-state index >= 15 is 0 Å². The molecule has 0 amide bonds. The van der Waals surface area contributed by atoms with Crippen LogP contribution in [0.2, 0.25) is 0 Å². The smallest absolute Gasteiger partial charge is 0.388 e. The summed E-state index contributed by atoms with van der Waals surface area (Å²) in [5.41, 5.74) is -0.363. The first-order valence-corrected chi connectivity index (χ1v) is 6.57. The second-order valence-corrected chi connectivity index (χ2v) is 5.45. The molecule has 0 heterocycles. The number of hydrogen-bond acceptors (Lipinski definition) is 1. The topological polar surface area (TPSA) is 20.2 Å². The molecule has 1 atom stereocenters. The van der Waals surface area contributed by atoms with Crippen molar-refractivity contribution >= 4 is 15.9 Å². The SMILES string of the molecule is OC(CC(F)(F)C(F)(F)C(F)(F)C(F)(F)F)c1ccccc1Br. The largest absolute Gasteiger partial charge is 0.460 e. The van der Waals surface area contributed by atoms with Crippen molar-refractivity contribution in [3.63, 3.8) is 0 Å². The fraction of sp³-hybridized carbons (Fsp3) is 0.500. The molecule has 1 rings (SSSR count). The minimum atomic E-state index is -6.96. The zero-order valence-electron chi connectivity index (χ0n) is 10.8. The second kappa shape index (κ2) is 6.15. The molecule has 132 valence electrons. The van der Waals surface area contributed by atoms with Crippen LogP contribution in [0, 0.1) is 0 Å². The molecule has 1 aromatic carbocycles. The van der Waals surface area contributed by atoms with Crippen LogP contribution in [0.4, 0.5) is 39.5 Å². The van der Waals surface area contributed by atoms with Crippen molar-refractivity contribution in [3.05, 3.63) is 34.3 Å². The van der Waals surface area contributed by atoms with E-state index in [1.165, 1.54) is 18.2 Å². The summed E-state index contributed by atoms with van der Waals surface area (Å²) in [5.74, 6) is -19.5. The lowest BCUT2D eigenvalue weighted by atomic mass is 9.95. The van der Waals surface area contributed by atoms with Gasteiger partial charge in [-0.15, -0.1) is 0 Å². The van der Waals surface area contributed by atoms with E-state index in [-0.39, 0.29) is 10.0 Å². The zero-order chi connectivity index (χ0) is 18.3. The third kappa shape index (κ3) is 3.59. The summed E-state index contributed by atoms with van der Waals surface area (Å²) >= 11 is 2.81. The van der Waals surface area contributed by atoms with E-state index in [1.54, 1.807) is 0 Å². The predicted octanol–water partition coefficient (Wildman–Crippen LogP) is 5.34. The fourth-order valence-electron chi connectivity index (χ4n) is 1.63. The second-order valence-electron chi connectivity index (χ2n) is 4.59. The summed E-state index contributed by atoms with van der Waals surface area (Å²) < 4.78 is 114. The molecule has 0 radical (unpaired) electrons. The molecule has 0 saturated carbocycles. The highest BCUT2D eigenvalue weighted by Crippen LogP contribution is 2.55. The van der Waals surface area contributed by atoms with Gasteiger partial charge in [-0.1, -0.05) is 34.1 Å². The lowest BCUT2D eigenvalue weighted by Crippen LogP contribution is -2.61. The summed E-state index contributed by atoms with van der Waals surface area (Å²) in [4.78, 5) is 0. The minimum Gasteiger partial charge on any atom is -0.388 e. The zero-order valence-corrected chi connectivity index (χ0v) is 12.4. The van der Waals surface area contributed by atoms with Gasteiger partial charge in [0.15, 0.2) is 0 Å². The summed E-state index contributed by atoms with van der Waals surface area (Å²) in [6, 6.07) is 4.86. The number of aliphatic hydroxyl groups is 1. The minimum absolute atomic E-state index is 0.00537. The monoisotopic (exact) mass is 418 g/mol. The number of rotatable bonds is 5. The van der Waals surface area contributed by atoms with Crippen LogP contribution in [-0.4, -0.2) is 29.1 Å². The molecular weight excluding hydrogens is 411 g/mol. The Kier molecular flexibility index (Phi) is 5.37. The quantitative estimate of drug-likeness (QED) is 0.639. The standard InChI is InChI=1S/C12H8BrF9O/c13-7-4-2-1-3-6(7)8(23)5-9(14,15)10(16,17)11(18,19)12(20,21)22/h1-4,8,23H,5H2. The molecule has 23 heavy (non-hydrogen) atoms. The van der Waals surface area contributed by atoms with Crippen LogP contribution in [-0.2, 0) is 0 Å². The Hall–Kier alpha value is -0.970. The first-order chi connectivity index (χ1) is 10.1. The molecule has 0 bridgehead atoms. The number of alkyl halides is 9. The molecule has 1 aromatic rings. The fourth-order valence-corrected chi connectivity index (χ4v) is 2.18. The predicted molar refractivity (Wildman–Crippen MR) is 64.6 cm³/mol. The van der Waals surface area contributed by atoms with Crippen LogP contribution in [0.15, 0.2) is 28.7 Å². The maximum Gasteiger partial charge on any atom is 0.460 e. The summed E-state index contributed by atoms with van der Waals surface area (Å²) in [6.45, 7) is 0. The summed E-state index contributed by atoms with van der Waals surface area (Å²) in [6.07, 6.45) is -11.6. The van der Waals surface area contributed by atoms with Gasteiger partial charge in [-0.05, 0) is 11.6 Å².